The van der Waals surface area contributed by atoms with Crippen LogP contribution in [-0.4, -0.2) is 54.3 Å². The zero-order chi connectivity index (χ0) is 17.3. The van der Waals surface area contributed by atoms with E-state index in [1.54, 1.807) is 14.0 Å². The molecule has 1 aromatic carbocycles. The van der Waals surface area contributed by atoms with Crippen molar-refractivity contribution in [2.75, 3.05) is 40.0 Å². The van der Waals surface area contributed by atoms with Gasteiger partial charge < -0.3 is 14.8 Å². The van der Waals surface area contributed by atoms with Gasteiger partial charge in [-0.3, -0.25) is 0 Å². The van der Waals surface area contributed by atoms with Crippen molar-refractivity contribution in [1.82, 2.24) is 10.0 Å². The number of benzene rings is 1. The highest BCUT2D eigenvalue weighted by atomic mass is 32.2. The largest absolute Gasteiger partial charge is 0.462 e. The number of hydrogen-bond donors (Lipinski definition) is 2. The van der Waals surface area contributed by atoms with Gasteiger partial charge >= 0.3 is 5.97 Å². The quantitative estimate of drug-likeness (QED) is 0.473. The van der Waals surface area contributed by atoms with Crippen LogP contribution in [0.2, 0.25) is 0 Å². The predicted molar refractivity (Wildman–Crippen MR) is 82.3 cm³/mol. The van der Waals surface area contributed by atoms with Gasteiger partial charge in [-0.1, -0.05) is 0 Å². The van der Waals surface area contributed by atoms with Crippen LogP contribution in [-0.2, 0) is 19.5 Å². The van der Waals surface area contributed by atoms with E-state index in [0.717, 1.165) is 18.2 Å². The zero-order valence-electron chi connectivity index (χ0n) is 13.1. The lowest BCUT2D eigenvalue weighted by Gasteiger charge is -2.09. The highest BCUT2D eigenvalue weighted by Gasteiger charge is 2.18. The molecule has 0 amide bonds. The van der Waals surface area contributed by atoms with E-state index in [1.165, 1.54) is 0 Å². The van der Waals surface area contributed by atoms with Crippen LogP contribution in [0, 0.1) is 5.82 Å². The first-order valence-corrected chi connectivity index (χ1v) is 8.56. The number of esters is 1. The van der Waals surface area contributed by atoms with E-state index in [1.807, 2.05) is 0 Å². The number of ether oxygens (including phenoxy) is 2. The third-order valence-corrected chi connectivity index (χ3v) is 4.21. The summed E-state index contributed by atoms with van der Waals surface area (Å²) < 4.78 is 49.7. The molecule has 7 nitrogen and oxygen atoms in total. The Morgan fingerprint density at radius 3 is 2.61 bits per heavy atom. The lowest BCUT2D eigenvalue weighted by atomic mass is 10.2. The Bertz CT molecular complexity index is 622. The number of carbonyl (C=O) groups is 1. The number of hydrogen-bond acceptors (Lipinski definition) is 6. The fraction of sp³-hybridized carbons (Fsp3) is 0.500. The SMILES string of the molecule is CCOC(=O)c1cc(F)cc(S(=O)(=O)NCCNCCOC)c1. The average molecular weight is 348 g/mol. The van der Waals surface area contributed by atoms with Crippen molar-refractivity contribution < 1.29 is 27.1 Å². The molecule has 0 aliphatic rings. The predicted octanol–water partition coefficient (Wildman–Crippen LogP) is 0.517. The number of methoxy groups -OCH3 is 1. The Kier molecular flexibility index (Phi) is 8.10. The van der Waals surface area contributed by atoms with E-state index in [0.29, 0.717) is 19.7 Å². The molecular weight excluding hydrogens is 327 g/mol. The number of halogens is 1. The molecule has 130 valence electrons. The van der Waals surface area contributed by atoms with E-state index in [9.17, 15) is 17.6 Å². The fourth-order valence-corrected chi connectivity index (χ4v) is 2.79. The van der Waals surface area contributed by atoms with Crippen molar-refractivity contribution >= 4 is 16.0 Å². The average Bonchev–Trinajstić information content (AvgIpc) is 2.50. The number of rotatable bonds is 10. The normalized spacial score (nSPS) is 11.4. The van der Waals surface area contributed by atoms with Crippen LogP contribution in [0.1, 0.15) is 17.3 Å². The van der Waals surface area contributed by atoms with Gasteiger partial charge in [-0.15, -0.1) is 0 Å². The summed E-state index contributed by atoms with van der Waals surface area (Å²) in [6, 6.07) is 2.87. The molecule has 1 aromatic rings. The Labute approximate surface area is 135 Å². The fourth-order valence-electron chi connectivity index (χ4n) is 1.71. The molecule has 0 saturated carbocycles. The molecule has 0 bridgehead atoms. The van der Waals surface area contributed by atoms with E-state index >= 15 is 0 Å². The lowest BCUT2D eigenvalue weighted by molar-refractivity contribution is 0.0525. The molecule has 0 radical (unpaired) electrons. The molecule has 0 aliphatic carbocycles. The minimum atomic E-state index is -3.92. The molecule has 0 fully saturated rings. The van der Waals surface area contributed by atoms with Crippen LogP contribution in [0.5, 0.6) is 0 Å². The Hall–Kier alpha value is -1.55. The van der Waals surface area contributed by atoms with Crippen LogP contribution in [0.3, 0.4) is 0 Å². The molecule has 0 atom stereocenters. The van der Waals surface area contributed by atoms with Gasteiger partial charge in [0.1, 0.15) is 5.82 Å². The molecule has 1 rings (SSSR count). The highest BCUT2D eigenvalue weighted by molar-refractivity contribution is 7.89. The minimum absolute atomic E-state index is 0.114. The first-order valence-electron chi connectivity index (χ1n) is 7.07. The molecule has 0 unspecified atom stereocenters. The standard InChI is InChI=1S/C14H21FN2O5S/c1-3-22-14(18)11-8-12(15)10-13(9-11)23(19,20)17-5-4-16-6-7-21-2/h8-10,16-17H,3-7H2,1-2H3. The Balaban J connectivity index is 2.73. The topological polar surface area (TPSA) is 93.7 Å². The molecule has 0 aliphatic heterocycles. The number of carbonyl (C=O) groups excluding carboxylic acids is 1. The van der Waals surface area contributed by atoms with Crippen molar-refractivity contribution in [2.45, 2.75) is 11.8 Å². The molecule has 0 aromatic heterocycles. The molecular formula is C14H21FN2O5S. The van der Waals surface area contributed by atoms with Crippen LogP contribution in [0.15, 0.2) is 23.1 Å². The highest BCUT2D eigenvalue weighted by Crippen LogP contribution is 2.15. The first-order chi connectivity index (χ1) is 10.9. The van der Waals surface area contributed by atoms with Gasteiger partial charge in [-0.25, -0.2) is 22.3 Å². The summed E-state index contributed by atoms with van der Waals surface area (Å²) in [5.41, 5.74) is -0.148. The van der Waals surface area contributed by atoms with Crippen molar-refractivity contribution in [3.05, 3.63) is 29.6 Å². The van der Waals surface area contributed by atoms with Gasteiger partial charge in [-0.05, 0) is 25.1 Å². The Morgan fingerprint density at radius 2 is 1.96 bits per heavy atom. The summed E-state index contributed by atoms with van der Waals surface area (Å²) in [4.78, 5) is 11.3. The van der Waals surface area contributed by atoms with Crippen LogP contribution < -0.4 is 10.0 Å². The summed E-state index contributed by atoms with van der Waals surface area (Å²) >= 11 is 0. The molecule has 9 heteroatoms. The van der Waals surface area contributed by atoms with E-state index in [-0.39, 0.29) is 23.6 Å². The van der Waals surface area contributed by atoms with Crippen molar-refractivity contribution in [2.24, 2.45) is 0 Å². The summed E-state index contributed by atoms with van der Waals surface area (Å²) in [5, 5.41) is 2.97. The number of sulfonamides is 1. The molecule has 0 spiro atoms. The van der Waals surface area contributed by atoms with Gasteiger partial charge in [0.25, 0.3) is 0 Å². The molecule has 23 heavy (non-hydrogen) atoms. The second-order valence-electron chi connectivity index (χ2n) is 4.54. The van der Waals surface area contributed by atoms with Crippen LogP contribution in [0.25, 0.3) is 0 Å². The first kappa shape index (κ1) is 19.5. The second-order valence-corrected chi connectivity index (χ2v) is 6.30. The maximum atomic E-state index is 13.6. The zero-order valence-corrected chi connectivity index (χ0v) is 13.9. The third-order valence-electron chi connectivity index (χ3n) is 2.77. The monoisotopic (exact) mass is 348 g/mol. The third kappa shape index (κ3) is 6.61. The van der Waals surface area contributed by atoms with Crippen LogP contribution >= 0.6 is 0 Å². The van der Waals surface area contributed by atoms with Gasteiger partial charge in [0.05, 0.1) is 23.7 Å². The summed E-state index contributed by atoms with van der Waals surface area (Å²) in [6.07, 6.45) is 0. The van der Waals surface area contributed by atoms with Crippen molar-refractivity contribution in [3.63, 3.8) is 0 Å². The second kappa shape index (κ2) is 9.56. The van der Waals surface area contributed by atoms with E-state index in [2.05, 4.69) is 10.0 Å². The van der Waals surface area contributed by atoms with Gasteiger partial charge in [-0.2, -0.15) is 0 Å². The molecule has 0 saturated heterocycles. The Morgan fingerprint density at radius 1 is 1.22 bits per heavy atom. The summed E-state index contributed by atoms with van der Waals surface area (Å²) in [7, 11) is -2.35. The van der Waals surface area contributed by atoms with E-state index < -0.39 is 21.8 Å². The summed E-state index contributed by atoms with van der Waals surface area (Å²) in [5.74, 6) is -1.60. The van der Waals surface area contributed by atoms with Crippen molar-refractivity contribution in [3.8, 4) is 0 Å². The van der Waals surface area contributed by atoms with Crippen molar-refractivity contribution in [1.29, 1.82) is 0 Å². The van der Waals surface area contributed by atoms with E-state index in [4.69, 9.17) is 9.47 Å². The molecule has 0 heterocycles. The molecule has 2 N–H and O–H groups in total. The maximum Gasteiger partial charge on any atom is 0.338 e. The van der Waals surface area contributed by atoms with Crippen LogP contribution in [0.4, 0.5) is 4.39 Å². The lowest BCUT2D eigenvalue weighted by Crippen LogP contribution is -2.33. The van der Waals surface area contributed by atoms with Gasteiger partial charge in [0.2, 0.25) is 10.0 Å². The number of nitrogens with one attached hydrogen (secondary N) is 2. The summed E-state index contributed by atoms with van der Waals surface area (Å²) in [6.45, 7) is 3.33. The smallest absolute Gasteiger partial charge is 0.338 e. The van der Waals surface area contributed by atoms with Gasteiger partial charge in [0, 0.05) is 26.7 Å². The maximum absolute atomic E-state index is 13.6. The minimum Gasteiger partial charge on any atom is -0.462 e. The van der Waals surface area contributed by atoms with Gasteiger partial charge in [0.15, 0.2) is 0 Å².